The van der Waals surface area contributed by atoms with Crippen molar-refractivity contribution in [2.75, 3.05) is 0 Å². The highest BCUT2D eigenvalue weighted by Gasteiger charge is 2.33. The number of hydrogen-bond acceptors (Lipinski definition) is 3. The van der Waals surface area contributed by atoms with E-state index in [2.05, 4.69) is 10.3 Å². The number of nitrogens with zero attached hydrogens (tertiary/aromatic N) is 1. The smallest absolute Gasteiger partial charge is 0.275 e. The molecular weight excluding hydrogens is 192 g/mol. The minimum Gasteiger partial charge on any atom is -0.465 e. The van der Waals surface area contributed by atoms with Crippen molar-refractivity contribution in [1.29, 1.82) is 0 Å². The molecule has 0 spiro atoms. The normalized spacial score (nSPS) is 23.1. The summed E-state index contributed by atoms with van der Waals surface area (Å²) in [5.41, 5.74) is 0.437. The lowest BCUT2D eigenvalue weighted by atomic mass is 10.3. The van der Waals surface area contributed by atoms with E-state index in [4.69, 9.17) is 4.42 Å². The van der Waals surface area contributed by atoms with Crippen LogP contribution in [-0.2, 0) is 4.79 Å². The van der Waals surface area contributed by atoms with Gasteiger partial charge in [0.15, 0.2) is 0 Å². The average Bonchev–Trinajstić information content (AvgIpc) is 2.84. The van der Waals surface area contributed by atoms with Gasteiger partial charge in [0, 0.05) is 12.0 Å². The summed E-state index contributed by atoms with van der Waals surface area (Å²) >= 11 is 0. The zero-order valence-corrected chi connectivity index (χ0v) is 8.06. The summed E-state index contributed by atoms with van der Waals surface area (Å²) in [7, 11) is 0. The third-order valence-corrected chi connectivity index (χ3v) is 2.50. The number of carbonyl (C=O) groups excluding carboxylic acids is 1. The van der Waals surface area contributed by atoms with E-state index in [9.17, 15) is 4.79 Å². The minimum atomic E-state index is -0.131. The van der Waals surface area contributed by atoms with Crippen LogP contribution < -0.4 is 5.32 Å². The van der Waals surface area contributed by atoms with Crippen LogP contribution in [0.3, 0.4) is 0 Å². The van der Waals surface area contributed by atoms with Gasteiger partial charge >= 0.3 is 0 Å². The molecule has 1 fully saturated rings. The van der Waals surface area contributed by atoms with Gasteiger partial charge in [-0.05, 0) is 25.0 Å². The van der Waals surface area contributed by atoms with Gasteiger partial charge < -0.3 is 9.73 Å². The Bertz CT molecular complexity index is 453. The van der Waals surface area contributed by atoms with Gasteiger partial charge in [0.25, 0.3) is 5.91 Å². The fourth-order valence-corrected chi connectivity index (χ4v) is 1.54. The van der Waals surface area contributed by atoms with Crippen LogP contribution in [0.2, 0.25) is 0 Å². The van der Waals surface area contributed by atoms with Gasteiger partial charge in [0.05, 0.1) is 6.26 Å². The van der Waals surface area contributed by atoms with E-state index in [1.54, 1.807) is 24.5 Å². The summed E-state index contributed by atoms with van der Waals surface area (Å²) in [6.45, 7) is 0. The number of rotatable bonds is 2. The van der Waals surface area contributed by atoms with E-state index in [-0.39, 0.29) is 5.91 Å². The molecule has 2 heterocycles. The van der Waals surface area contributed by atoms with E-state index < -0.39 is 0 Å². The van der Waals surface area contributed by atoms with Crippen LogP contribution in [0, 0.1) is 5.92 Å². The van der Waals surface area contributed by atoms with Crippen LogP contribution >= 0.6 is 0 Å². The molecule has 0 unspecified atom stereocenters. The van der Waals surface area contributed by atoms with Gasteiger partial charge in [-0.15, -0.1) is 0 Å². The molecule has 0 radical (unpaired) electrons. The van der Waals surface area contributed by atoms with Crippen LogP contribution in [0.15, 0.2) is 33.5 Å². The third kappa shape index (κ3) is 1.58. The molecule has 4 heteroatoms. The molecule has 1 amide bonds. The molecule has 76 valence electrons. The van der Waals surface area contributed by atoms with E-state index >= 15 is 0 Å². The number of amidine groups is 1. The second-order valence-electron chi connectivity index (χ2n) is 3.77. The van der Waals surface area contributed by atoms with E-state index in [1.165, 1.54) is 0 Å². The highest BCUT2D eigenvalue weighted by atomic mass is 16.3. The molecule has 15 heavy (non-hydrogen) atoms. The Labute approximate surface area is 86.7 Å². The SMILES string of the molecule is O=C1NC(C2CC2)=N/C1=C\c1ccco1. The number of nitrogens with one attached hydrogen (secondary N) is 1. The van der Waals surface area contributed by atoms with Crippen molar-refractivity contribution in [3.63, 3.8) is 0 Å². The van der Waals surface area contributed by atoms with Gasteiger partial charge in [-0.3, -0.25) is 4.79 Å². The number of amides is 1. The van der Waals surface area contributed by atoms with Gasteiger partial charge in [-0.2, -0.15) is 0 Å². The lowest BCUT2D eigenvalue weighted by Crippen LogP contribution is -2.25. The summed E-state index contributed by atoms with van der Waals surface area (Å²) in [4.78, 5) is 15.8. The predicted octanol–water partition coefficient (Wildman–Crippen LogP) is 1.56. The molecule has 0 saturated heterocycles. The van der Waals surface area contributed by atoms with Gasteiger partial charge in [0.2, 0.25) is 0 Å². The lowest BCUT2D eigenvalue weighted by molar-refractivity contribution is -0.115. The summed E-state index contributed by atoms with van der Waals surface area (Å²) in [6.07, 6.45) is 5.50. The molecule has 1 aliphatic carbocycles. The first-order valence-electron chi connectivity index (χ1n) is 4.98. The molecule has 3 rings (SSSR count). The molecular formula is C11H10N2O2. The maximum atomic E-state index is 11.5. The van der Waals surface area contributed by atoms with Crippen molar-refractivity contribution in [1.82, 2.24) is 5.32 Å². The molecule has 4 nitrogen and oxygen atoms in total. The standard InChI is InChI=1S/C11H10N2O2/c14-11-9(6-8-2-1-5-15-8)12-10(13-11)7-3-4-7/h1-2,5-7H,3-4H2,(H,12,13,14)/b9-6-. The van der Waals surface area contributed by atoms with Crippen molar-refractivity contribution >= 4 is 17.8 Å². The Kier molecular flexibility index (Phi) is 1.74. The zero-order valence-electron chi connectivity index (χ0n) is 8.06. The summed E-state index contributed by atoms with van der Waals surface area (Å²) in [5, 5.41) is 2.78. The predicted molar refractivity (Wildman–Crippen MR) is 55.0 cm³/mol. The molecule has 0 bridgehead atoms. The zero-order chi connectivity index (χ0) is 10.3. The Morgan fingerprint density at radius 1 is 1.53 bits per heavy atom. The van der Waals surface area contributed by atoms with E-state index in [0.29, 0.717) is 17.4 Å². The Hall–Kier alpha value is -1.84. The molecule has 0 atom stereocenters. The molecule has 1 saturated carbocycles. The second kappa shape index (κ2) is 3.08. The van der Waals surface area contributed by atoms with Crippen molar-refractivity contribution in [2.45, 2.75) is 12.8 Å². The summed E-state index contributed by atoms with van der Waals surface area (Å²) in [5.74, 6) is 1.81. The Morgan fingerprint density at radius 3 is 3.07 bits per heavy atom. The fraction of sp³-hybridized carbons (Fsp3) is 0.273. The van der Waals surface area contributed by atoms with Gasteiger partial charge in [-0.25, -0.2) is 4.99 Å². The lowest BCUT2D eigenvalue weighted by Gasteiger charge is -1.92. The maximum Gasteiger partial charge on any atom is 0.275 e. The van der Waals surface area contributed by atoms with Crippen molar-refractivity contribution in [2.24, 2.45) is 10.9 Å². The van der Waals surface area contributed by atoms with Crippen LogP contribution in [0.4, 0.5) is 0 Å². The Balaban J connectivity index is 1.89. The number of furan rings is 1. The van der Waals surface area contributed by atoms with Crippen molar-refractivity contribution in [3.8, 4) is 0 Å². The number of carbonyl (C=O) groups is 1. The van der Waals surface area contributed by atoms with Crippen molar-refractivity contribution in [3.05, 3.63) is 29.9 Å². The topological polar surface area (TPSA) is 54.6 Å². The quantitative estimate of drug-likeness (QED) is 0.740. The first-order valence-corrected chi connectivity index (χ1v) is 4.98. The molecule has 1 N–H and O–H groups in total. The molecule has 1 aromatic heterocycles. The summed E-state index contributed by atoms with van der Waals surface area (Å²) in [6, 6.07) is 3.58. The summed E-state index contributed by atoms with van der Waals surface area (Å²) < 4.78 is 5.13. The van der Waals surface area contributed by atoms with Gasteiger partial charge in [-0.1, -0.05) is 0 Å². The largest absolute Gasteiger partial charge is 0.465 e. The first-order chi connectivity index (χ1) is 7.33. The molecule has 0 aromatic carbocycles. The minimum absolute atomic E-state index is 0.131. The highest BCUT2D eigenvalue weighted by Crippen LogP contribution is 2.32. The third-order valence-electron chi connectivity index (χ3n) is 2.50. The van der Waals surface area contributed by atoms with E-state index in [1.807, 2.05) is 0 Å². The molecule has 2 aliphatic rings. The average molecular weight is 202 g/mol. The maximum absolute atomic E-state index is 11.5. The fourth-order valence-electron chi connectivity index (χ4n) is 1.54. The van der Waals surface area contributed by atoms with Gasteiger partial charge in [0.1, 0.15) is 17.3 Å². The molecule has 1 aromatic rings. The van der Waals surface area contributed by atoms with Crippen LogP contribution in [-0.4, -0.2) is 11.7 Å². The van der Waals surface area contributed by atoms with Crippen LogP contribution in [0.1, 0.15) is 18.6 Å². The highest BCUT2D eigenvalue weighted by molar-refractivity contribution is 6.15. The van der Waals surface area contributed by atoms with Crippen molar-refractivity contribution < 1.29 is 9.21 Å². The van der Waals surface area contributed by atoms with Crippen LogP contribution in [0.5, 0.6) is 0 Å². The van der Waals surface area contributed by atoms with Crippen LogP contribution in [0.25, 0.3) is 6.08 Å². The second-order valence-corrected chi connectivity index (χ2v) is 3.77. The monoisotopic (exact) mass is 202 g/mol. The van der Waals surface area contributed by atoms with E-state index in [0.717, 1.165) is 18.7 Å². The number of hydrogen-bond donors (Lipinski definition) is 1. The first kappa shape index (κ1) is 8.47. The Morgan fingerprint density at radius 2 is 2.40 bits per heavy atom. The number of aliphatic imine (C=N–C) groups is 1. The molecule has 1 aliphatic heterocycles.